The van der Waals surface area contributed by atoms with Crippen molar-refractivity contribution in [3.63, 3.8) is 0 Å². The second-order valence-corrected chi connectivity index (χ2v) is 6.33. The first-order valence-electron chi connectivity index (χ1n) is 8.62. The minimum Gasteiger partial charge on any atom is -0.489 e. The number of hydrogen-bond donors (Lipinski definition) is 0. The van der Waals surface area contributed by atoms with Gasteiger partial charge in [0.05, 0.1) is 5.56 Å². The number of aryl methyl sites for hydroxylation is 1. The number of hydrogen-bond acceptors (Lipinski definition) is 3. The molecule has 0 aliphatic carbocycles. The summed E-state index contributed by atoms with van der Waals surface area (Å²) in [5.74, 6) is 0.336. The Hall–Kier alpha value is -3.40. The van der Waals surface area contributed by atoms with E-state index in [1.807, 2.05) is 49.4 Å². The van der Waals surface area contributed by atoms with Gasteiger partial charge in [-0.25, -0.2) is 9.18 Å². The summed E-state index contributed by atoms with van der Waals surface area (Å²) >= 11 is 0. The standard InChI is InChI=1S/C23H17FO3/c1-15-20-13-19(26-14-16-6-5-9-18(24)12-16)10-11-21(20)27-23(25)22(15)17-7-3-2-4-8-17/h2-13H,14H2,1H3. The highest BCUT2D eigenvalue weighted by molar-refractivity contribution is 5.87. The highest BCUT2D eigenvalue weighted by Gasteiger charge is 2.13. The predicted octanol–water partition coefficient (Wildman–Crippen LogP) is 5.49. The molecule has 0 amide bonds. The van der Waals surface area contributed by atoms with Crippen molar-refractivity contribution in [2.75, 3.05) is 0 Å². The van der Waals surface area contributed by atoms with Crippen molar-refractivity contribution in [1.82, 2.24) is 0 Å². The molecule has 0 spiro atoms. The van der Waals surface area contributed by atoms with Crippen molar-refractivity contribution in [2.24, 2.45) is 0 Å². The summed E-state index contributed by atoms with van der Waals surface area (Å²) in [4.78, 5) is 12.4. The zero-order valence-electron chi connectivity index (χ0n) is 14.7. The molecular weight excluding hydrogens is 343 g/mol. The second-order valence-electron chi connectivity index (χ2n) is 6.33. The van der Waals surface area contributed by atoms with Gasteiger partial charge in [-0.3, -0.25) is 0 Å². The van der Waals surface area contributed by atoms with E-state index in [-0.39, 0.29) is 18.0 Å². The monoisotopic (exact) mass is 360 g/mol. The lowest BCUT2D eigenvalue weighted by atomic mass is 9.99. The molecule has 0 bridgehead atoms. The summed E-state index contributed by atoms with van der Waals surface area (Å²) in [5.41, 5.74) is 3.09. The molecule has 4 rings (SSSR count). The number of benzene rings is 3. The van der Waals surface area contributed by atoms with Crippen LogP contribution in [-0.4, -0.2) is 0 Å². The lowest BCUT2D eigenvalue weighted by molar-refractivity contribution is 0.306. The van der Waals surface area contributed by atoms with Crippen molar-refractivity contribution in [1.29, 1.82) is 0 Å². The van der Waals surface area contributed by atoms with Gasteiger partial charge < -0.3 is 9.15 Å². The smallest absolute Gasteiger partial charge is 0.344 e. The highest BCUT2D eigenvalue weighted by Crippen LogP contribution is 2.29. The molecule has 27 heavy (non-hydrogen) atoms. The van der Waals surface area contributed by atoms with Crippen LogP contribution >= 0.6 is 0 Å². The van der Waals surface area contributed by atoms with Crippen LogP contribution in [0.5, 0.6) is 5.75 Å². The molecular formula is C23H17FO3. The van der Waals surface area contributed by atoms with Crippen LogP contribution in [0.1, 0.15) is 11.1 Å². The van der Waals surface area contributed by atoms with E-state index >= 15 is 0 Å². The Morgan fingerprint density at radius 1 is 0.963 bits per heavy atom. The molecule has 0 unspecified atom stereocenters. The quantitative estimate of drug-likeness (QED) is 0.452. The van der Waals surface area contributed by atoms with Gasteiger partial charge in [-0.15, -0.1) is 0 Å². The van der Waals surface area contributed by atoms with E-state index in [2.05, 4.69) is 0 Å². The Balaban J connectivity index is 1.72. The summed E-state index contributed by atoms with van der Waals surface area (Å²) in [7, 11) is 0. The average molecular weight is 360 g/mol. The highest BCUT2D eigenvalue weighted by atomic mass is 19.1. The topological polar surface area (TPSA) is 39.4 Å². The fourth-order valence-electron chi connectivity index (χ4n) is 3.15. The molecule has 1 aromatic heterocycles. The minimum absolute atomic E-state index is 0.255. The zero-order valence-corrected chi connectivity index (χ0v) is 14.7. The molecule has 0 N–H and O–H groups in total. The number of halogens is 1. The Morgan fingerprint density at radius 3 is 2.56 bits per heavy atom. The van der Waals surface area contributed by atoms with Crippen LogP contribution in [0, 0.1) is 12.7 Å². The summed E-state index contributed by atoms with van der Waals surface area (Å²) in [6, 6.07) is 21.1. The van der Waals surface area contributed by atoms with Gasteiger partial charge in [-0.2, -0.15) is 0 Å². The summed E-state index contributed by atoms with van der Waals surface area (Å²) in [6.45, 7) is 2.16. The first-order valence-corrected chi connectivity index (χ1v) is 8.62. The van der Waals surface area contributed by atoms with Gasteiger partial charge in [-0.1, -0.05) is 42.5 Å². The van der Waals surface area contributed by atoms with Crippen molar-refractivity contribution in [3.05, 3.63) is 100 Å². The van der Waals surface area contributed by atoms with E-state index in [1.165, 1.54) is 12.1 Å². The van der Waals surface area contributed by atoms with E-state index in [1.54, 1.807) is 18.2 Å². The fraction of sp³-hybridized carbons (Fsp3) is 0.0870. The summed E-state index contributed by atoms with van der Waals surface area (Å²) in [5, 5.41) is 0.810. The fourth-order valence-corrected chi connectivity index (χ4v) is 3.15. The lowest BCUT2D eigenvalue weighted by Crippen LogP contribution is -2.06. The minimum atomic E-state index is -0.361. The second kappa shape index (κ2) is 7.08. The summed E-state index contributed by atoms with van der Waals surface area (Å²) < 4.78 is 24.6. The molecule has 3 aromatic carbocycles. The van der Waals surface area contributed by atoms with Gasteiger partial charge >= 0.3 is 5.63 Å². The average Bonchev–Trinajstić information content (AvgIpc) is 2.67. The molecule has 0 radical (unpaired) electrons. The van der Waals surface area contributed by atoms with Gasteiger partial charge in [0.25, 0.3) is 0 Å². The predicted molar refractivity (Wildman–Crippen MR) is 103 cm³/mol. The Labute approximate surface area is 155 Å². The Bertz CT molecular complexity index is 1160. The molecule has 0 aliphatic heterocycles. The van der Waals surface area contributed by atoms with E-state index in [0.29, 0.717) is 16.9 Å². The van der Waals surface area contributed by atoms with Crippen LogP contribution in [0.2, 0.25) is 0 Å². The van der Waals surface area contributed by atoms with Gasteiger partial charge in [0.1, 0.15) is 23.8 Å². The van der Waals surface area contributed by atoms with Gasteiger partial charge in [0.2, 0.25) is 0 Å². The van der Waals surface area contributed by atoms with E-state index < -0.39 is 0 Å². The van der Waals surface area contributed by atoms with E-state index in [9.17, 15) is 9.18 Å². The number of ether oxygens (including phenoxy) is 1. The largest absolute Gasteiger partial charge is 0.489 e. The number of rotatable bonds is 4. The van der Waals surface area contributed by atoms with Crippen molar-refractivity contribution >= 4 is 11.0 Å². The summed E-state index contributed by atoms with van der Waals surface area (Å²) in [6.07, 6.45) is 0. The van der Waals surface area contributed by atoms with Crippen LogP contribution in [0.4, 0.5) is 4.39 Å². The van der Waals surface area contributed by atoms with Crippen LogP contribution < -0.4 is 10.4 Å². The maximum absolute atomic E-state index is 13.3. The molecule has 134 valence electrons. The first kappa shape index (κ1) is 17.0. The first-order chi connectivity index (χ1) is 13.1. The third kappa shape index (κ3) is 3.47. The van der Waals surface area contributed by atoms with Crippen molar-refractivity contribution < 1.29 is 13.5 Å². The molecule has 1 heterocycles. The van der Waals surface area contributed by atoms with Crippen LogP contribution in [-0.2, 0) is 6.61 Å². The lowest BCUT2D eigenvalue weighted by Gasteiger charge is -2.11. The molecule has 0 fully saturated rings. The SMILES string of the molecule is Cc1c(-c2ccccc2)c(=O)oc2ccc(OCc3cccc(F)c3)cc12. The maximum atomic E-state index is 13.3. The van der Waals surface area contributed by atoms with Gasteiger partial charge in [0.15, 0.2) is 0 Å². The van der Waals surface area contributed by atoms with Gasteiger partial charge in [-0.05, 0) is 53.9 Å². The third-order valence-electron chi connectivity index (χ3n) is 4.49. The maximum Gasteiger partial charge on any atom is 0.344 e. The molecule has 0 saturated carbocycles. The van der Waals surface area contributed by atoms with Crippen LogP contribution in [0.3, 0.4) is 0 Å². The van der Waals surface area contributed by atoms with Gasteiger partial charge in [0, 0.05) is 5.39 Å². The van der Waals surface area contributed by atoms with Crippen molar-refractivity contribution in [3.8, 4) is 16.9 Å². The van der Waals surface area contributed by atoms with Crippen LogP contribution in [0.25, 0.3) is 22.1 Å². The molecule has 4 heteroatoms. The number of fused-ring (bicyclic) bond motifs is 1. The molecule has 0 aliphatic rings. The molecule has 0 saturated heterocycles. The molecule has 0 atom stereocenters. The van der Waals surface area contributed by atoms with Crippen LogP contribution in [0.15, 0.2) is 82.0 Å². The molecule has 3 nitrogen and oxygen atoms in total. The Kier molecular flexibility index (Phi) is 4.47. The Morgan fingerprint density at radius 2 is 1.78 bits per heavy atom. The van der Waals surface area contributed by atoms with Crippen molar-refractivity contribution in [2.45, 2.75) is 13.5 Å². The third-order valence-corrected chi connectivity index (χ3v) is 4.49. The van der Waals surface area contributed by atoms with E-state index in [4.69, 9.17) is 9.15 Å². The zero-order chi connectivity index (χ0) is 18.8. The normalized spacial score (nSPS) is 10.9. The van der Waals surface area contributed by atoms with E-state index in [0.717, 1.165) is 22.1 Å². The molecule has 4 aromatic rings.